The minimum atomic E-state index is 0.0170. The molecule has 0 bridgehead atoms. The van der Waals surface area contributed by atoms with Gasteiger partial charge >= 0.3 is 0 Å². The van der Waals surface area contributed by atoms with Crippen LogP contribution in [0.25, 0.3) is 0 Å². The van der Waals surface area contributed by atoms with E-state index in [1.807, 2.05) is 6.92 Å². The molecule has 1 heterocycles. The highest BCUT2D eigenvalue weighted by Gasteiger charge is 2.18. The summed E-state index contributed by atoms with van der Waals surface area (Å²) in [6, 6.07) is 0. The van der Waals surface area contributed by atoms with Crippen molar-refractivity contribution in [2.75, 3.05) is 33.3 Å². The molecule has 0 aliphatic carbocycles. The Kier molecular flexibility index (Phi) is 3.45. The standard InChI is InChI=1S/C9H16N2O2/c1-7(8-5-10-6-8)9(13)11(2)3-4-12/h10,12H,3-6H2,1-2H3. The van der Waals surface area contributed by atoms with Gasteiger partial charge in [0, 0.05) is 32.3 Å². The van der Waals surface area contributed by atoms with E-state index in [-0.39, 0.29) is 12.5 Å². The monoisotopic (exact) mass is 184 g/mol. The average Bonchev–Trinajstić information content (AvgIpc) is 2.00. The predicted octanol–water partition coefficient (Wildman–Crippen LogP) is -0.643. The summed E-state index contributed by atoms with van der Waals surface area (Å²) in [5.74, 6) is 0.0190. The van der Waals surface area contributed by atoms with Gasteiger partial charge in [-0.3, -0.25) is 4.79 Å². The Morgan fingerprint density at radius 3 is 2.62 bits per heavy atom. The number of carbonyl (C=O) groups is 1. The van der Waals surface area contributed by atoms with Crippen LogP contribution in [0.5, 0.6) is 0 Å². The third kappa shape index (κ3) is 2.29. The zero-order valence-electron chi connectivity index (χ0n) is 8.13. The topological polar surface area (TPSA) is 52.6 Å². The van der Waals surface area contributed by atoms with Gasteiger partial charge in [-0.1, -0.05) is 0 Å². The van der Waals surface area contributed by atoms with E-state index in [4.69, 9.17) is 5.11 Å². The average molecular weight is 184 g/mol. The molecule has 74 valence electrons. The lowest BCUT2D eigenvalue weighted by atomic mass is 10.0. The highest BCUT2D eigenvalue weighted by Crippen LogP contribution is 2.10. The van der Waals surface area contributed by atoms with Crippen molar-refractivity contribution in [3.63, 3.8) is 0 Å². The van der Waals surface area contributed by atoms with E-state index in [1.54, 1.807) is 11.9 Å². The van der Waals surface area contributed by atoms with Crippen molar-refractivity contribution in [1.29, 1.82) is 0 Å². The van der Waals surface area contributed by atoms with Crippen LogP contribution >= 0.6 is 0 Å². The second kappa shape index (κ2) is 4.39. The molecule has 1 saturated heterocycles. The zero-order valence-corrected chi connectivity index (χ0v) is 8.13. The number of carbonyl (C=O) groups excluding carboxylic acids is 1. The van der Waals surface area contributed by atoms with Crippen LogP contribution in [-0.4, -0.2) is 49.2 Å². The van der Waals surface area contributed by atoms with Gasteiger partial charge in [-0.25, -0.2) is 0 Å². The first-order valence-corrected chi connectivity index (χ1v) is 4.42. The van der Waals surface area contributed by atoms with E-state index in [0.29, 0.717) is 6.54 Å². The number of hydrogen-bond donors (Lipinski definition) is 2. The second-order valence-electron chi connectivity index (χ2n) is 3.28. The lowest BCUT2D eigenvalue weighted by molar-refractivity contribution is -0.126. The molecular formula is C9H16N2O2. The normalized spacial score (nSPS) is 15.2. The van der Waals surface area contributed by atoms with Gasteiger partial charge in [-0.2, -0.15) is 0 Å². The molecule has 2 N–H and O–H groups in total. The van der Waals surface area contributed by atoms with Crippen LogP contribution in [0, 0.1) is 0 Å². The molecular weight excluding hydrogens is 168 g/mol. The molecule has 0 atom stereocenters. The molecule has 0 unspecified atom stereocenters. The Hall–Kier alpha value is -0.870. The lowest BCUT2D eigenvalue weighted by Crippen LogP contribution is -2.38. The van der Waals surface area contributed by atoms with Crippen molar-refractivity contribution in [2.45, 2.75) is 6.92 Å². The number of aliphatic hydroxyl groups excluding tert-OH is 1. The zero-order chi connectivity index (χ0) is 9.84. The molecule has 1 amide bonds. The van der Waals surface area contributed by atoms with Crippen LogP contribution in [0.15, 0.2) is 11.1 Å². The molecule has 0 aromatic carbocycles. The van der Waals surface area contributed by atoms with Gasteiger partial charge in [-0.05, 0) is 12.5 Å². The summed E-state index contributed by atoms with van der Waals surface area (Å²) in [7, 11) is 1.70. The smallest absolute Gasteiger partial charge is 0.249 e. The first-order chi connectivity index (χ1) is 6.16. The van der Waals surface area contributed by atoms with Crippen molar-refractivity contribution in [1.82, 2.24) is 10.2 Å². The molecule has 0 spiro atoms. The fourth-order valence-corrected chi connectivity index (χ4v) is 1.20. The molecule has 0 aromatic heterocycles. The minimum absolute atomic E-state index is 0.0170. The van der Waals surface area contributed by atoms with Crippen LogP contribution in [0.4, 0.5) is 0 Å². The Bertz CT molecular complexity index is 230. The maximum atomic E-state index is 11.6. The van der Waals surface area contributed by atoms with Crippen LogP contribution in [0.2, 0.25) is 0 Å². The van der Waals surface area contributed by atoms with Crippen LogP contribution in [-0.2, 0) is 4.79 Å². The summed E-state index contributed by atoms with van der Waals surface area (Å²) < 4.78 is 0. The van der Waals surface area contributed by atoms with Crippen LogP contribution in [0.1, 0.15) is 6.92 Å². The summed E-state index contributed by atoms with van der Waals surface area (Å²) in [5, 5.41) is 11.7. The largest absolute Gasteiger partial charge is 0.395 e. The SMILES string of the molecule is CC(C(=O)N(C)CCO)=C1CNC1. The third-order valence-corrected chi connectivity index (χ3v) is 2.31. The Labute approximate surface area is 78.2 Å². The first-order valence-electron chi connectivity index (χ1n) is 4.42. The number of nitrogens with one attached hydrogen (secondary N) is 1. The quantitative estimate of drug-likeness (QED) is 0.573. The minimum Gasteiger partial charge on any atom is -0.395 e. The van der Waals surface area contributed by atoms with Crippen molar-refractivity contribution >= 4 is 5.91 Å². The van der Waals surface area contributed by atoms with Gasteiger partial charge in [0.2, 0.25) is 5.91 Å². The first kappa shape index (κ1) is 10.2. The molecule has 4 nitrogen and oxygen atoms in total. The molecule has 0 aromatic rings. The third-order valence-electron chi connectivity index (χ3n) is 2.31. The summed E-state index contributed by atoms with van der Waals surface area (Å²) in [6.07, 6.45) is 0. The number of amides is 1. The predicted molar refractivity (Wildman–Crippen MR) is 50.3 cm³/mol. The summed E-state index contributed by atoms with van der Waals surface area (Å²) in [5.41, 5.74) is 1.99. The van der Waals surface area contributed by atoms with E-state index in [1.165, 1.54) is 5.57 Å². The van der Waals surface area contributed by atoms with Crippen LogP contribution < -0.4 is 5.32 Å². The Balaban J connectivity index is 2.55. The molecule has 1 aliphatic rings. The number of nitrogens with zero attached hydrogens (tertiary/aromatic N) is 1. The lowest BCUT2D eigenvalue weighted by Gasteiger charge is -2.24. The van der Waals surface area contributed by atoms with Crippen molar-refractivity contribution < 1.29 is 9.90 Å². The van der Waals surface area contributed by atoms with Crippen molar-refractivity contribution in [2.24, 2.45) is 0 Å². The van der Waals surface area contributed by atoms with Gasteiger partial charge in [0.05, 0.1) is 6.61 Å². The number of likely N-dealkylation sites (N-methyl/N-ethyl adjacent to an activating group) is 1. The summed E-state index contributed by atoms with van der Waals surface area (Å²) in [4.78, 5) is 13.1. The van der Waals surface area contributed by atoms with Crippen molar-refractivity contribution in [3.8, 4) is 0 Å². The van der Waals surface area contributed by atoms with Gasteiger partial charge < -0.3 is 15.3 Å². The van der Waals surface area contributed by atoms with Crippen LogP contribution in [0.3, 0.4) is 0 Å². The molecule has 4 heteroatoms. The molecule has 1 aliphatic heterocycles. The second-order valence-corrected chi connectivity index (χ2v) is 3.28. The van der Waals surface area contributed by atoms with E-state index in [0.717, 1.165) is 18.7 Å². The molecule has 0 radical (unpaired) electrons. The molecule has 1 rings (SSSR count). The fourth-order valence-electron chi connectivity index (χ4n) is 1.20. The Morgan fingerprint density at radius 1 is 1.62 bits per heavy atom. The maximum Gasteiger partial charge on any atom is 0.249 e. The highest BCUT2D eigenvalue weighted by atomic mass is 16.3. The number of hydrogen-bond acceptors (Lipinski definition) is 3. The molecule has 13 heavy (non-hydrogen) atoms. The number of aliphatic hydroxyl groups is 1. The van der Waals surface area contributed by atoms with Gasteiger partial charge in [0.25, 0.3) is 0 Å². The molecule has 1 fully saturated rings. The van der Waals surface area contributed by atoms with Gasteiger partial charge in [0.15, 0.2) is 0 Å². The molecule has 0 saturated carbocycles. The van der Waals surface area contributed by atoms with E-state index < -0.39 is 0 Å². The van der Waals surface area contributed by atoms with Gasteiger partial charge in [0.1, 0.15) is 0 Å². The maximum absolute atomic E-state index is 11.6. The van der Waals surface area contributed by atoms with E-state index in [2.05, 4.69) is 5.32 Å². The van der Waals surface area contributed by atoms with Crippen molar-refractivity contribution in [3.05, 3.63) is 11.1 Å². The summed E-state index contributed by atoms with van der Waals surface area (Å²) in [6.45, 7) is 3.90. The highest BCUT2D eigenvalue weighted by molar-refractivity contribution is 5.93. The van der Waals surface area contributed by atoms with E-state index in [9.17, 15) is 4.79 Å². The Morgan fingerprint density at radius 2 is 2.23 bits per heavy atom. The number of rotatable bonds is 3. The van der Waals surface area contributed by atoms with Gasteiger partial charge in [-0.15, -0.1) is 0 Å². The summed E-state index contributed by atoms with van der Waals surface area (Å²) >= 11 is 0. The van der Waals surface area contributed by atoms with E-state index >= 15 is 0 Å². The fraction of sp³-hybridized carbons (Fsp3) is 0.667.